The molecule has 2 aromatic heterocycles. The minimum absolute atomic E-state index is 0.0375. The van der Waals surface area contributed by atoms with Crippen LogP contribution in [-0.4, -0.2) is 20.9 Å². The molecule has 3 rings (SSSR count). The molecule has 0 fully saturated rings. The second-order valence-electron chi connectivity index (χ2n) is 5.12. The van der Waals surface area contributed by atoms with Crippen LogP contribution in [0.2, 0.25) is 0 Å². The third-order valence-electron chi connectivity index (χ3n) is 3.40. The lowest BCUT2D eigenvalue weighted by molar-refractivity contribution is 0.0425. The van der Waals surface area contributed by atoms with E-state index in [-0.39, 0.29) is 30.1 Å². The van der Waals surface area contributed by atoms with E-state index in [4.69, 9.17) is 14.9 Å². The summed E-state index contributed by atoms with van der Waals surface area (Å²) in [4.78, 5) is 24.1. The lowest BCUT2D eigenvalue weighted by atomic mass is 10.1. The minimum atomic E-state index is -0.602. The first-order valence-corrected chi connectivity index (χ1v) is 7.71. The molecule has 8 heteroatoms. The average molecular weight is 339 g/mol. The predicted molar refractivity (Wildman–Crippen MR) is 91.2 cm³/mol. The number of aryl methyl sites for hydroxylation is 1. The zero-order chi connectivity index (χ0) is 17.6. The van der Waals surface area contributed by atoms with Crippen molar-refractivity contribution in [2.24, 2.45) is 0 Å². The highest BCUT2D eigenvalue weighted by atomic mass is 16.5. The predicted octanol–water partition coefficient (Wildman–Crippen LogP) is 2.71. The molecule has 8 nitrogen and oxygen atoms in total. The first-order chi connectivity index (χ1) is 12.2. The summed E-state index contributed by atoms with van der Waals surface area (Å²) in [5, 5.41) is 3.12. The summed E-state index contributed by atoms with van der Waals surface area (Å²) in [6.45, 7) is 1.91. The summed E-state index contributed by atoms with van der Waals surface area (Å²) in [5.74, 6) is 0.0731. The number of para-hydroxylation sites is 1. The molecule has 0 aliphatic rings. The Morgan fingerprint density at radius 2 is 2.04 bits per heavy atom. The van der Waals surface area contributed by atoms with Gasteiger partial charge < -0.3 is 20.2 Å². The van der Waals surface area contributed by atoms with Crippen molar-refractivity contribution in [3.8, 4) is 0 Å². The van der Waals surface area contributed by atoms with Crippen LogP contribution >= 0.6 is 0 Å². The van der Waals surface area contributed by atoms with Gasteiger partial charge in [-0.2, -0.15) is 15.0 Å². The van der Waals surface area contributed by atoms with Crippen LogP contribution in [0.5, 0.6) is 0 Å². The van der Waals surface area contributed by atoms with Gasteiger partial charge in [0.15, 0.2) is 12.4 Å². The number of hydrogen-bond acceptors (Lipinski definition) is 8. The Morgan fingerprint density at radius 1 is 1.20 bits per heavy atom. The summed E-state index contributed by atoms with van der Waals surface area (Å²) in [5.41, 5.74) is 7.72. The number of nitrogen functional groups attached to an aromatic ring is 1. The Morgan fingerprint density at radius 3 is 2.80 bits per heavy atom. The van der Waals surface area contributed by atoms with Gasteiger partial charge >= 0.3 is 5.97 Å². The van der Waals surface area contributed by atoms with E-state index in [1.165, 1.54) is 12.3 Å². The number of aromatic nitrogens is 3. The molecular weight excluding hydrogens is 322 g/mol. The number of carbonyl (C=O) groups is 1. The maximum Gasteiger partial charge on any atom is 0.374 e. The minimum Gasteiger partial charge on any atom is -0.457 e. The van der Waals surface area contributed by atoms with Crippen molar-refractivity contribution in [1.29, 1.82) is 0 Å². The molecule has 128 valence electrons. The smallest absolute Gasteiger partial charge is 0.374 e. The number of benzene rings is 1. The number of carbonyl (C=O) groups excluding carboxylic acids is 1. The first kappa shape index (κ1) is 16.4. The zero-order valence-electron chi connectivity index (χ0n) is 13.6. The second kappa shape index (κ2) is 7.43. The SMILES string of the molecule is CCc1ccccc1Nc1nc(N)nc(COC(=O)c2ccco2)n1. The molecule has 0 radical (unpaired) electrons. The number of rotatable bonds is 6. The fourth-order valence-corrected chi connectivity index (χ4v) is 2.23. The monoisotopic (exact) mass is 339 g/mol. The highest BCUT2D eigenvalue weighted by Crippen LogP contribution is 2.19. The van der Waals surface area contributed by atoms with E-state index in [2.05, 4.69) is 27.2 Å². The van der Waals surface area contributed by atoms with Gasteiger partial charge in [-0.1, -0.05) is 25.1 Å². The first-order valence-electron chi connectivity index (χ1n) is 7.71. The van der Waals surface area contributed by atoms with Gasteiger partial charge in [0.2, 0.25) is 17.7 Å². The fourth-order valence-electron chi connectivity index (χ4n) is 2.23. The molecule has 2 heterocycles. The van der Waals surface area contributed by atoms with Crippen molar-refractivity contribution in [1.82, 2.24) is 15.0 Å². The highest BCUT2D eigenvalue weighted by Gasteiger charge is 2.13. The molecule has 0 atom stereocenters. The topological polar surface area (TPSA) is 116 Å². The third kappa shape index (κ3) is 4.11. The van der Waals surface area contributed by atoms with Gasteiger partial charge in [0.1, 0.15) is 0 Å². The van der Waals surface area contributed by atoms with Gasteiger partial charge in [-0.25, -0.2) is 4.79 Å². The summed E-state index contributed by atoms with van der Waals surface area (Å²) in [6.07, 6.45) is 2.25. The van der Waals surface area contributed by atoms with Crippen LogP contribution in [-0.2, 0) is 17.8 Å². The summed E-state index contributed by atoms with van der Waals surface area (Å²) >= 11 is 0. The maximum absolute atomic E-state index is 11.8. The van der Waals surface area contributed by atoms with Crippen molar-refractivity contribution in [2.45, 2.75) is 20.0 Å². The van der Waals surface area contributed by atoms with E-state index in [0.717, 1.165) is 17.7 Å². The van der Waals surface area contributed by atoms with Gasteiger partial charge in [0, 0.05) is 5.69 Å². The highest BCUT2D eigenvalue weighted by molar-refractivity contribution is 5.86. The number of nitrogens with two attached hydrogens (primary N) is 1. The van der Waals surface area contributed by atoms with E-state index in [1.807, 2.05) is 24.3 Å². The molecule has 0 saturated carbocycles. The van der Waals surface area contributed by atoms with Crippen molar-refractivity contribution in [3.63, 3.8) is 0 Å². The molecule has 0 spiro atoms. The largest absolute Gasteiger partial charge is 0.457 e. The second-order valence-corrected chi connectivity index (χ2v) is 5.12. The van der Waals surface area contributed by atoms with E-state index in [9.17, 15) is 4.79 Å². The number of esters is 1. The lowest BCUT2D eigenvalue weighted by Crippen LogP contribution is -2.11. The molecule has 3 N–H and O–H groups in total. The Balaban J connectivity index is 1.73. The summed E-state index contributed by atoms with van der Waals surface area (Å²) in [7, 11) is 0. The third-order valence-corrected chi connectivity index (χ3v) is 3.40. The van der Waals surface area contributed by atoms with Crippen LogP contribution in [0.15, 0.2) is 47.1 Å². The molecule has 0 bridgehead atoms. The number of furan rings is 1. The number of anilines is 3. The van der Waals surface area contributed by atoms with Crippen LogP contribution in [0.4, 0.5) is 17.6 Å². The molecule has 3 aromatic rings. The number of nitrogens with zero attached hydrogens (tertiary/aromatic N) is 3. The Kier molecular flexibility index (Phi) is 4.89. The van der Waals surface area contributed by atoms with Crippen LogP contribution in [0, 0.1) is 0 Å². The number of nitrogens with one attached hydrogen (secondary N) is 1. The van der Waals surface area contributed by atoms with Crippen LogP contribution in [0.25, 0.3) is 0 Å². The van der Waals surface area contributed by atoms with Crippen LogP contribution in [0.3, 0.4) is 0 Å². The van der Waals surface area contributed by atoms with Gasteiger partial charge in [-0.15, -0.1) is 0 Å². The van der Waals surface area contributed by atoms with Gasteiger partial charge in [0.05, 0.1) is 6.26 Å². The van der Waals surface area contributed by atoms with Crippen LogP contribution < -0.4 is 11.1 Å². The normalized spacial score (nSPS) is 10.4. The molecule has 0 aliphatic heterocycles. The van der Waals surface area contributed by atoms with E-state index < -0.39 is 5.97 Å². The molecule has 0 unspecified atom stereocenters. The molecule has 0 aliphatic carbocycles. The van der Waals surface area contributed by atoms with Crippen molar-refractivity contribution >= 4 is 23.6 Å². The molecule has 1 aromatic carbocycles. The molecule has 0 amide bonds. The summed E-state index contributed by atoms with van der Waals surface area (Å²) < 4.78 is 10.1. The Bertz CT molecular complexity index is 864. The standard InChI is InChI=1S/C17H17N5O3/c1-2-11-6-3-4-7-12(11)19-17-21-14(20-16(18)22-17)10-25-15(23)13-8-5-9-24-13/h3-9H,2,10H2,1H3,(H3,18,19,20,21,22). The van der Waals surface area contributed by atoms with Gasteiger partial charge in [-0.3, -0.25) is 0 Å². The van der Waals surface area contributed by atoms with E-state index >= 15 is 0 Å². The van der Waals surface area contributed by atoms with Gasteiger partial charge in [-0.05, 0) is 30.2 Å². The Hall–Kier alpha value is -3.42. The molecule has 25 heavy (non-hydrogen) atoms. The lowest BCUT2D eigenvalue weighted by Gasteiger charge is -2.10. The number of hydrogen-bond donors (Lipinski definition) is 2. The molecular formula is C17H17N5O3. The maximum atomic E-state index is 11.8. The summed E-state index contributed by atoms with van der Waals surface area (Å²) in [6, 6.07) is 10.9. The van der Waals surface area contributed by atoms with Gasteiger partial charge in [0.25, 0.3) is 0 Å². The quantitative estimate of drug-likeness (QED) is 0.658. The average Bonchev–Trinajstić information content (AvgIpc) is 3.14. The van der Waals surface area contributed by atoms with Crippen molar-refractivity contribution in [3.05, 3.63) is 59.8 Å². The fraction of sp³-hybridized carbons (Fsp3) is 0.176. The van der Waals surface area contributed by atoms with Crippen LogP contribution in [0.1, 0.15) is 28.9 Å². The van der Waals surface area contributed by atoms with E-state index in [1.54, 1.807) is 6.07 Å². The zero-order valence-corrected chi connectivity index (χ0v) is 13.6. The Labute approximate surface area is 144 Å². The van der Waals surface area contributed by atoms with Crippen molar-refractivity contribution < 1.29 is 13.9 Å². The molecule has 0 saturated heterocycles. The number of ether oxygens (including phenoxy) is 1. The van der Waals surface area contributed by atoms with Crippen molar-refractivity contribution in [2.75, 3.05) is 11.1 Å². The van der Waals surface area contributed by atoms with E-state index in [0.29, 0.717) is 0 Å².